The van der Waals surface area contributed by atoms with Gasteiger partial charge in [0.15, 0.2) is 5.69 Å². The van der Waals surface area contributed by atoms with Gasteiger partial charge < -0.3 is 14.4 Å². The first-order valence-electron chi connectivity index (χ1n) is 11.8. The van der Waals surface area contributed by atoms with Gasteiger partial charge in [-0.1, -0.05) is 23.8 Å². The molecule has 1 aromatic carbocycles. The minimum absolute atomic E-state index is 0.202. The van der Waals surface area contributed by atoms with Crippen molar-refractivity contribution in [3.63, 3.8) is 0 Å². The van der Waals surface area contributed by atoms with Gasteiger partial charge >= 0.3 is 6.18 Å². The zero-order valence-corrected chi connectivity index (χ0v) is 20.9. The van der Waals surface area contributed by atoms with Crippen LogP contribution in [0.3, 0.4) is 0 Å². The molecule has 0 aliphatic carbocycles. The first-order chi connectivity index (χ1) is 17.2. The highest BCUT2D eigenvalue weighted by molar-refractivity contribution is 7.09. The first kappa shape index (κ1) is 24.9. The summed E-state index contributed by atoms with van der Waals surface area (Å²) in [5.41, 5.74) is 3.52. The monoisotopic (exact) mass is 520 g/mol. The molecule has 0 saturated carbocycles. The standard InChI is InChI=1S/C25H27F3N4O3S/c1-15-3-4-18-12-34-24(35-13-19(18)9-15)20-14-36-23(29-20)17-5-7-31(8-6-17)22(33)11-32-16(2)10-21(30-32)25(26,27)28/h3-4,9-10,14,17,24H,5-8,11-13H2,1-2H3. The van der Waals surface area contributed by atoms with Gasteiger partial charge in [0.05, 0.1) is 18.2 Å². The smallest absolute Gasteiger partial charge is 0.342 e. The number of carbonyl (C=O) groups is 1. The lowest BCUT2D eigenvalue weighted by atomic mass is 9.97. The van der Waals surface area contributed by atoms with Crippen molar-refractivity contribution in [2.45, 2.75) is 64.8 Å². The van der Waals surface area contributed by atoms with Gasteiger partial charge in [-0.25, -0.2) is 4.98 Å². The van der Waals surface area contributed by atoms with Gasteiger partial charge in [0, 0.05) is 30.1 Å². The lowest BCUT2D eigenvalue weighted by Crippen LogP contribution is -2.40. The van der Waals surface area contributed by atoms with E-state index >= 15 is 0 Å². The minimum atomic E-state index is -4.53. The van der Waals surface area contributed by atoms with Crippen molar-refractivity contribution in [1.29, 1.82) is 0 Å². The number of amides is 1. The van der Waals surface area contributed by atoms with Crippen molar-refractivity contribution in [3.05, 3.63) is 68.4 Å². The fourth-order valence-corrected chi connectivity index (χ4v) is 5.58. The zero-order chi connectivity index (χ0) is 25.4. The number of piperidine rings is 1. The number of alkyl halides is 3. The van der Waals surface area contributed by atoms with E-state index in [-0.39, 0.29) is 18.4 Å². The van der Waals surface area contributed by atoms with Crippen LogP contribution in [0.25, 0.3) is 0 Å². The van der Waals surface area contributed by atoms with E-state index in [1.54, 1.807) is 16.2 Å². The Hall–Kier alpha value is -2.76. The molecule has 36 heavy (non-hydrogen) atoms. The molecule has 2 aliphatic rings. The number of carbonyl (C=O) groups excluding carboxylic acids is 1. The van der Waals surface area contributed by atoms with E-state index in [4.69, 9.17) is 14.5 Å². The van der Waals surface area contributed by atoms with Crippen LogP contribution < -0.4 is 0 Å². The van der Waals surface area contributed by atoms with E-state index in [9.17, 15) is 18.0 Å². The summed E-state index contributed by atoms with van der Waals surface area (Å²) in [4.78, 5) is 19.2. The number of hydrogen-bond donors (Lipinski definition) is 0. The van der Waals surface area contributed by atoms with Crippen LogP contribution in [-0.2, 0) is 40.2 Å². The fourth-order valence-electron chi connectivity index (χ4n) is 4.59. The largest absolute Gasteiger partial charge is 0.435 e. The number of halogens is 3. The van der Waals surface area contributed by atoms with Crippen molar-refractivity contribution < 1.29 is 27.4 Å². The number of aromatic nitrogens is 3. The second kappa shape index (κ2) is 9.95. The summed E-state index contributed by atoms with van der Waals surface area (Å²) in [6.07, 6.45) is -3.58. The second-order valence-corrected chi connectivity index (χ2v) is 10.2. The second-order valence-electron chi connectivity index (χ2n) is 9.32. The number of likely N-dealkylation sites (tertiary alicyclic amines) is 1. The fraction of sp³-hybridized carbons (Fsp3) is 0.480. The van der Waals surface area contributed by atoms with E-state index in [1.807, 2.05) is 5.38 Å². The number of ether oxygens (including phenoxy) is 2. The van der Waals surface area contributed by atoms with Crippen LogP contribution in [0.2, 0.25) is 0 Å². The quantitative estimate of drug-likeness (QED) is 0.477. The molecular formula is C25H27F3N4O3S. The molecule has 11 heteroatoms. The maximum Gasteiger partial charge on any atom is 0.435 e. The van der Waals surface area contributed by atoms with Gasteiger partial charge in [-0.2, -0.15) is 18.3 Å². The third-order valence-corrected chi connectivity index (χ3v) is 7.70. The summed E-state index contributed by atoms with van der Waals surface area (Å²) >= 11 is 1.57. The molecule has 1 amide bonds. The minimum Gasteiger partial charge on any atom is -0.342 e. The molecule has 0 bridgehead atoms. The Kier molecular flexibility index (Phi) is 6.88. The molecule has 2 aliphatic heterocycles. The number of fused-ring (bicyclic) bond motifs is 1. The number of nitrogens with zero attached hydrogens (tertiary/aromatic N) is 4. The summed E-state index contributed by atoms with van der Waals surface area (Å²) in [6.45, 7) is 5.35. The molecule has 1 unspecified atom stereocenters. The van der Waals surface area contributed by atoms with Gasteiger partial charge in [0.2, 0.25) is 12.2 Å². The normalized spacial score (nSPS) is 19.2. The van der Waals surface area contributed by atoms with E-state index in [2.05, 4.69) is 30.2 Å². The van der Waals surface area contributed by atoms with Crippen molar-refractivity contribution in [2.24, 2.45) is 0 Å². The summed E-state index contributed by atoms with van der Waals surface area (Å²) in [5, 5.41) is 6.52. The van der Waals surface area contributed by atoms with Crippen LogP contribution in [0.4, 0.5) is 13.2 Å². The van der Waals surface area contributed by atoms with Crippen LogP contribution in [0, 0.1) is 13.8 Å². The van der Waals surface area contributed by atoms with E-state index < -0.39 is 18.2 Å². The Morgan fingerprint density at radius 1 is 1.11 bits per heavy atom. The van der Waals surface area contributed by atoms with Crippen LogP contribution in [0.1, 0.15) is 63.8 Å². The lowest BCUT2D eigenvalue weighted by molar-refractivity contribution is -0.155. The van der Waals surface area contributed by atoms with E-state index in [0.29, 0.717) is 32.0 Å². The van der Waals surface area contributed by atoms with Gasteiger partial charge in [0.25, 0.3) is 0 Å². The molecule has 1 atom stereocenters. The van der Waals surface area contributed by atoms with Crippen LogP contribution >= 0.6 is 11.3 Å². The number of rotatable bonds is 4. The highest BCUT2D eigenvalue weighted by Gasteiger charge is 2.35. The van der Waals surface area contributed by atoms with Gasteiger partial charge in [-0.3, -0.25) is 9.48 Å². The molecule has 0 N–H and O–H groups in total. The van der Waals surface area contributed by atoms with E-state index in [0.717, 1.165) is 45.4 Å². The SMILES string of the molecule is Cc1ccc2c(c1)COC(c1csc(C3CCN(C(=O)Cn4nc(C(F)(F)F)cc4C)CC3)n1)OC2. The molecule has 192 valence electrons. The average Bonchev–Trinajstić information content (AvgIpc) is 3.42. The molecule has 2 aromatic heterocycles. The molecule has 0 radical (unpaired) electrons. The maximum atomic E-state index is 12.9. The maximum absolute atomic E-state index is 12.9. The van der Waals surface area contributed by atoms with Gasteiger partial charge in [0.1, 0.15) is 12.2 Å². The highest BCUT2D eigenvalue weighted by atomic mass is 32.1. The molecule has 1 fully saturated rings. The molecular weight excluding hydrogens is 493 g/mol. The van der Waals surface area contributed by atoms with Crippen molar-refractivity contribution in [2.75, 3.05) is 13.1 Å². The van der Waals surface area contributed by atoms with Crippen LogP contribution in [-0.4, -0.2) is 38.7 Å². The van der Waals surface area contributed by atoms with Crippen molar-refractivity contribution in [1.82, 2.24) is 19.7 Å². The average molecular weight is 521 g/mol. The summed E-state index contributed by atoms with van der Waals surface area (Å²) in [5.74, 6) is -0.0232. The number of aryl methyl sites for hydroxylation is 2. The predicted octanol–water partition coefficient (Wildman–Crippen LogP) is 5.13. The third-order valence-electron chi connectivity index (χ3n) is 6.68. The predicted molar refractivity (Wildman–Crippen MR) is 126 cm³/mol. The summed E-state index contributed by atoms with van der Waals surface area (Å²) in [7, 11) is 0. The lowest BCUT2D eigenvalue weighted by Gasteiger charge is -2.31. The Morgan fingerprint density at radius 3 is 2.53 bits per heavy atom. The van der Waals surface area contributed by atoms with Crippen molar-refractivity contribution >= 4 is 17.2 Å². The Labute approximate surface area is 210 Å². The molecule has 7 nitrogen and oxygen atoms in total. The van der Waals surface area contributed by atoms with Gasteiger partial charge in [-0.15, -0.1) is 11.3 Å². The molecule has 3 aromatic rings. The van der Waals surface area contributed by atoms with Gasteiger partial charge in [-0.05, 0) is 43.9 Å². The number of thiazole rings is 1. The number of benzene rings is 1. The summed E-state index contributed by atoms with van der Waals surface area (Å²) < 4.78 is 51.8. The molecule has 5 rings (SSSR count). The highest BCUT2D eigenvalue weighted by Crippen LogP contribution is 2.34. The Balaban J connectivity index is 1.16. The third kappa shape index (κ3) is 5.33. The molecule has 1 saturated heterocycles. The number of hydrogen-bond acceptors (Lipinski definition) is 6. The van der Waals surface area contributed by atoms with E-state index in [1.165, 1.54) is 12.5 Å². The molecule has 4 heterocycles. The van der Waals surface area contributed by atoms with Crippen LogP contribution in [0.5, 0.6) is 0 Å². The topological polar surface area (TPSA) is 69.5 Å². The first-order valence-corrected chi connectivity index (χ1v) is 12.7. The van der Waals surface area contributed by atoms with Crippen molar-refractivity contribution in [3.8, 4) is 0 Å². The molecule has 0 spiro atoms. The van der Waals surface area contributed by atoms with Crippen LogP contribution in [0.15, 0.2) is 29.6 Å². The zero-order valence-electron chi connectivity index (χ0n) is 20.0. The summed E-state index contributed by atoms with van der Waals surface area (Å²) in [6, 6.07) is 7.21. The Morgan fingerprint density at radius 2 is 1.83 bits per heavy atom. The Bertz CT molecular complexity index is 1250.